The number of aromatic hydroxyl groups is 1. The number of nitrogens with one attached hydrogen (secondary N) is 1. The van der Waals surface area contributed by atoms with Crippen LogP contribution in [0.1, 0.15) is 12.8 Å². The summed E-state index contributed by atoms with van der Waals surface area (Å²) in [7, 11) is -3.52. The van der Waals surface area contributed by atoms with Crippen molar-refractivity contribution < 1.29 is 17.9 Å². The minimum absolute atomic E-state index is 0.131. The quantitative estimate of drug-likeness (QED) is 0.342. The van der Waals surface area contributed by atoms with Crippen molar-refractivity contribution in [2.24, 2.45) is 0 Å². The van der Waals surface area contributed by atoms with Gasteiger partial charge in [-0.3, -0.25) is 4.40 Å². The van der Waals surface area contributed by atoms with Gasteiger partial charge in [-0.2, -0.15) is 9.29 Å². The van der Waals surface area contributed by atoms with Gasteiger partial charge in [-0.25, -0.2) is 18.4 Å². The maximum absolute atomic E-state index is 13.0. The van der Waals surface area contributed by atoms with Crippen molar-refractivity contribution in [3.05, 3.63) is 66.5 Å². The molecule has 0 amide bonds. The van der Waals surface area contributed by atoms with Gasteiger partial charge in [-0.15, -0.1) is 11.3 Å². The molecule has 1 saturated heterocycles. The van der Waals surface area contributed by atoms with Crippen LogP contribution in [0.4, 0.5) is 5.95 Å². The standard InChI is InChI=1S/C24H22N6O4S2/c31-18-6-1-4-16(14-18)21-22(30-11-12-34-24(30)28-21)19-8-9-25-23(27-19)26-17-5-2-10-29(15-17)36(32,33)20-7-3-13-35-20/h1,3-4,6-9,11-14,17,31H,2,5,10,15H2,(H,25,26,27)/t17-/m1/s1. The maximum atomic E-state index is 13.0. The third-order valence-electron chi connectivity index (χ3n) is 6.09. The van der Waals surface area contributed by atoms with Gasteiger partial charge in [0.15, 0.2) is 0 Å². The van der Waals surface area contributed by atoms with E-state index in [-0.39, 0.29) is 11.8 Å². The van der Waals surface area contributed by atoms with Gasteiger partial charge in [0, 0.05) is 37.1 Å². The smallest absolute Gasteiger partial charge is 0.306 e. The van der Waals surface area contributed by atoms with Gasteiger partial charge in [0.25, 0.3) is 10.0 Å². The van der Waals surface area contributed by atoms with Crippen LogP contribution < -0.4 is 5.32 Å². The molecular formula is C24H22N6O4S2. The molecule has 5 aromatic rings. The number of sulfonamides is 1. The zero-order valence-corrected chi connectivity index (χ0v) is 20.6. The van der Waals surface area contributed by atoms with E-state index in [4.69, 9.17) is 9.40 Å². The number of phenols is 1. The first-order valence-electron chi connectivity index (χ1n) is 11.4. The molecule has 6 rings (SSSR count). The summed E-state index contributed by atoms with van der Waals surface area (Å²) in [6.07, 6.45) is 6.50. The largest absolute Gasteiger partial charge is 0.508 e. The van der Waals surface area contributed by atoms with E-state index in [9.17, 15) is 13.5 Å². The SMILES string of the molecule is O=S(=O)(c1cccs1)N1CCC[C@@H](Nc2nccc(-c3c(-c4cccc(O)c4)nc4occn34)n2)C1. The third kappa shape index (κ3) is 4.12. The Kier molecular flexibility index (Phi) is 5.70. The predicted molar refractivity (Wildman–Crippen MR) is 135 cm³/mol. The third-order valence-corrected chi connectivity index (χ3v) is 9.32. The number of phenolic OH excluding ortho intramolecular Hbond substituents is 1. The molecule has 2 N–H and O–H groups in total. The predicted octanol–water partition coefficient (Wildman–Crippen LogP) is 4.08. The fourth-order valence-corrected chi connectivity index (χ4v) is 7.11. The summed E-state index contributed by atoms with van der Waals surface area (Å²) in [5.74, 6) is 0.929. The number of nitrogens with zero attached hydrogens (tertiary/aromatic N) is 5. The molecule has 0 bridgehead atoms. The fraction of sp³-hybridized carbons (Fsp3) is 0.208. The van der Waals surface area contributed by atoms with E-state index in [1.165, 1.54) is 15.6 Å². The Bertz CT molecular complexity index is 1630. The molecule has 1 aliphatic heterocycles. The number of hydrogen-bond donors (Lipinski definition) is 2. The molecule has 1 atom stereocenters. The first-order chi connectivity index (χ1) is 17.5. The lowest BCUT2D eigenvalue weighted by atomic mass is 10.1. The Hall–Kier alpha value is -3.74. The lowest BCUT2D eigenvalue weighted by Gasteiger charge is -2.32. The molecule has 36 heavy (non-hydrogen) atoms. The summed E-state index contributed by atoms with van der Waals surface area (Å²) < 4.78 is 35.2. The number of rotatable bonds is 6. The van der Waals surface area contributed by atoms with Gasteiger partial charge in [0.2, 0.25) is 5.95 Å². The van der Waals surface area contributed by atoms with Crippen LogP contribution in [0.2, 0.25) is 0 Å². The van der Waals surface area contributed by atoms with Crippen LogP contribution in [-0.4, -0.2) is 56.3 Å². The van der Waals surface area contributed by atoms with Crippen molar-refractivity contribution in [1.82, 2.24) is 23.7 Å². The summed E-state index contributed by atoms with van der Waals surface area (Å²) in [6, 6.07) is 11.9. The van der Waals surface area contributed by atoms with Crippen molar-refractivity contribution in [2.45, 2.75) is 23.1 Å². The highest BCUT2D eigenvalue weighted by Crippen LogP contribution is 2.34. The monoisotopic (exact) mass is 522 g/mol. The molecular weight excluding hydrogens is 500 g/mol. The number of hydrogen-bond acceptors (Lipinski definition) is 9. The van der Waals surface area contributed by atoms with Crippen LogP contribution in [0, 0.1) is 0 Å². The normalized spacial score (nSPS) is 16.9. The van der Waals surface area contributed by atoms with Crippen LogP contribution in [-0.2, 0) is 10.0 Å². The number of thiophene rings is 1. The first kappa shape index (κ1) is 22.7. The average Bonchev–Trinajstić information content (AvgIpc) is 3.62. The highest BCUT2D eigenvalue weighted by molar-refractivity contribution is 7.91. The zero-order chi connectivity index (χ0) is 24.7. The van der Waals surface area contributed by atoms with E-state index in [0.29, 0.717) is 46.2 Å². The zero-order valence-electron chi connectivity index (χ0n) is 19.0. The van der Waals surface area contributed by atoms with Gasteiger partial charge in [-0.1, -0.05) is 18.2 Å². The van der Waals surface area contributed by atoms with Gasteiger partial charge in [0.05, 0.1) is 5.69 Å². The number of aromatic nitrogens is 4. The molecule has 0 aliphatic carbocycles. The van der Waals surface area contributed by atoms with Crippen LogP contribution in [0.15, 0.2) is 75.1 Å². The minimum Gasteiger partial charge on any atom is -0.508 e. The van der Waals surface area contributed by atoms with Crippen LogP contribution in [0.5, 0.6) is 5.75 Å². The highest BCUT2D eigenvalue weighted by Gasteiger charge is 2.31. The molecule has 4 aromatic heterocycles. The molecule has 5 heterocycles. The lowest BCUT2D eigenvalue weighted by molar-refractivity contribution is 0.327. The Morgan fingerprint density at radius 1 is 1.17 bits per heavy atom. The second kappa shape index (κ2) is 9.04. The van der Waals surface area contributed by atoms with Gasteiger partial charge in [-0.05, 0) is 42.5 Å². The van der Waals surface area contributed by atoms with Gasteiger partial charge in [0.1, 0.15) is 27.6 Å². The van der Waals surface area contributed by atoms with Gasteiger partial charge >= 0.3 is 5.84 Å². The molecule has 0 saturated carbocycles. The van der Waals surface area contributed by atoms with Crippen LogP contribution in [0.25, 0.3) is 28.5 Å². The fourth-order valence-electron chi connectivity index (χ4n) is 4.44. The van der Waals surface area contributed by atoms with E-state index >= 15 is 0 Å². The summed E-state index contributed by atoms with van der Waals surface area (Å²) >= 11 is 1.22. The number of oxazole rings is 1. The molecule has 1 aliphatic rings. The number of imidazole rings is 1. The Labute approximate surface area is 210 Å². The molecule has 10 nitrogen and oxygen atoms in total. The van der Waals surface area contributed by atoms with E-state index in [1.807, 2.05) is 6.07 Å². The highest BCUT2D eigenvalue weighted by atomic mass is 32.2. The average molecular weight is 523 g/mol. The maximum Gasteiger partial charge on any atom is 0.306 e. The molecule has 0 radical (unpaired) electrons. The topological polar surface area (TPSA) is 126 Å². The Morgan fingerprint density at radius 3 is 2.92 bits per heavy atom. The molecule has 1 aromatic carbocycles. The van der Waals surface area contributed by atoms with E-state index < -0.39 is 10.0 Å². The molecule has 184 valence electrons. The summed E-state index contributed by atoms with van der Waals surface area (Å²) in [6.45, 7) is 0.821. The second-order valence-corrected chi connectivity index (χ2v) is 11.6. The second-order valence-electron chi connectivity index (χ2n) is 8.46. The molecule has 12 heteroatoms. The lowest BCUT2D eigenvalue weighted by Crippen LogP contribution is -2.45. The Morgan fingerprint density at radius 2 is 2.08 bits per heavy atom. The van der Waals surface area contributed by atoms with Crippen molar-refractivity contribution >= 4 is 33.2 Å². The summed E-state index contributed by atoms with van der Waals surface area (Å²) in [5, 5.41) is 15.1. The molecule has 1 fully saturated rings. The number of piperidine rings is 1. The molecule has 0 unspecified atom stereocenters. The Balaban J connectivity index is 1.30. The first-order valence-corrected chi connectivity index (χ1v) is 13.7. The summed E-state index contributed by atoms with van der Waals surface area (Å²) in [5.41, 5.74) is 2.64. The van der Waals surface area contributed by atoms with Crippen molar-refractivity contribution in [2.75, 3.05) is 18.4 Å². The van der Waals surface area contributed by atoms with Crippen molar-refractivity contribution in [3.63, 3.8) is 0 Å². The summed E-state index contributed by atoms with van der Waals surface area (Å²) in [4.78, 5) is 13.7. The van der Waals surface area contributed by atoms with E-state index in [1.54, 1.807) is 64.8 Å². The van der Waals surface area contributed by atoms with Crippen LogP contribution in [0.3, 0.4) is 0 Å². The number of anilines is 1. The van der Waals surface area contributed by atoms with Crippen molar-refractivity contribution in [3.8, 4) is 28.4 Å². The minimum atomic E-state index is -3.52. The van der Waals surface area contributed by atoms with Gasteiger partial charge < -0.3 is 14.8 Å². The van der Waals surface area contributed by atoms with E-state index in [2.05, 4.69) is 15.3 Å². The number of fused-ring (bicyclic) bond motifs is 1. The number of benzene rings is 1. The van der Waals surface area contributed by atoms with Crippen molar-refractivity contribution in [1.29, 1.82) is 0 Å². The van der Waals surface area contributed by atoms with Crippen LogP contribution >= 0.6 is 11.3 Å². The molecule has 0 spiro atoms. The van der Waals surface area contributed by atoms with E-state index in [0.717, 1.165) is 18.4 Å².